The molecule has 1 saturated carbocycles. The predicted molar refractivity (Wildman–Crippen MR) is 102 cm³/mol. The predicted octanol–water partition coefficient (Wildman–Crippen LogP) is 1.97. The van der Waals surface area contributed by atoms with Gasteiger partial charge in [0.25, 0.3) is 5.91 Å². The van der Waals surface area contributed by atoms with Crippen LogP contribution in [0.1, 0.15) is 31.4 Å². The lowest BCUT2D eigenvalue weighted by molar-refractivity contribution is -0.140. The van der Waals surface area contributed by atoms with E-state index in [4.69, 9.17) is 16.9 Å². The number of pyridine rings is 1. The number of halogens is 3. The second-order valence-electron chi connectivity index (χ2n) is 6.92. The molecule has 2 aromatic rings. The van der Waals surface area contributed by atoms with Crippen LogP contribution in [0.25, 0.3) is 5.65 Å². The summed E-state index contributed by atoms with van der Waals surface area (Å²) in [5.41, 5.74) is 9.86. The summed E-state index contributed by atoms with van der Waals surface area (Å²) in [5.74, 6) is -0.353. The summed E-state index contributed by atoms with van der Waals surface area (Å²) in [5, 5.41) is 13.4. The normalized spacial score (nSPS) is 20.4. The zero-order chi connectivity index (χ0) is 21.2. The fraction of sp³-hybridized carbons (Fsp3) is 0.389. The van der Waals surface area contributed by atoms with Crippen molar-refractivity contribution >= 4 is 23.2 Å². The van der Waals surface area contributed by atoms with Crippen LogP contribution in [-0.2, 0) is 11.0 Å². The average molecular weight is 409 g/mol. The number of nitrogens with two attached hydrogens (primary N) is 2. The van der Waals surface area contributed by atoms with Gasteiger partial charge >= 0.3 is 6.18 Å². The van der Waals surface area contributed by atoms with Crippen LogP contribution >= 0.6 is 0 Å². The van der Waals surface area contributed by atoms with Crippen LogP contribution < -0.4 is 22.1 Å². The molecule has 0 radical (unpaired) electrons. The van der Waals surface area contributed by atoms with Crippen molar-refractivity contribution in [3.05, 3.63) is 41.9 Å². The zero-order valence-electron chi connectivity index (χ0n) is 15.5. The van der Waals surface area contributed by atoms with Crippen LogP contribution in [0, 0.1) is 5.41 Å². The van der Waals surface area contributed by atoms with Crippen molar-refractivity contribution in [3.8, 4) is 0 Å². The lowest BCUT2D eigenvalue weighted by Crippen LogP contribution is -2.42. The summed E-state index contributed by atoms with van der Waals surface area (Å²) in [4.78, 5) is 15.7. The van der Waals surface area contributed by atoms with Gasteiger partial charge in [0.15, 0.2) is 5.69 Å². The van der Waals surface area contributed by atoms with Gasteiger partial charge in [0.1, 0.15) is 17.3 Å². The first-order valence-corrected chi connectivity index (χ1v) is 9.08. The number of fused-ring (bicyclic) bond motifs is 1. The van der Waals surface area contributed by atoms with Crippen LogP contribution in [-0.4, -0.2) is 33.2 Å². The Balaban J connectivity index is 1.62. The van der Waals surface area contributed by atoms with Crippen LogP contribution in [0.4, 0.5) is 19.0 Å². The van der Waals surface area contributed by atoms with Gasteiger partial charge in [0.05, 0.1) is 5.57 Å². The van der Waals surface area contributed by atoms with E-state index in [0.29, 0.717) is 31.5 Å². The first-order valence-electron chi connectivity index (χ1n) is 9.08. The minimum absolute atomic E-state index is 0.0443. The van der Waals surface area contributed by atoms with Gasteiger partial charge in [-0.15, -0.1) is 0 Å². The molecule has 0 unspecified atom stereocenters. The highest BCUT2D eigenvalue weighted by atomic mass is 19.4. The van der Waals surface area contributed by atoms with Crippen LogP contribution in [0.15, 0.2) is 36.2 Å². The number of imidazole rings is 1. The Morgan fingerprint density at radius 3 is 2.48 bits per heavy atom. The number of carbonyl (C=O) groups excluding carboxylic acids is 1. The van der Waals surface area contributed by atoms with Crippen LogP contribution in [0.2, 0.25) is 0 Å². The molecule has 0 bridgehead atoms. The number of anilines is 1. The van der Waals surface area contributed by atoms with E-state index in [0.717, 1.165) is 12.4 Å². The van der Waals surface area contributed by atoms with Gasteiger partial charge in [0, 0.05) is 24.5 Å². The molecular weight excluding hydrogens is 387 g/mol. The van der Waals surface area contributed by atoms with Crippen LogP contribution in [0.5, 0.6) is 0 Å². The largest absolute Gasteiger partial charge is 0.434 e. The molecule has 29 heavy (non-hydrogen) atoms. The van der Waals surface area contributed by atoms with Gasteiger partial charge < -0.3 is 22.1 Å². The van der Waals surface area contributed by atoms with Crippen molar-refractivity contribution in [1.82, 2.24) is 14.7 Å². The first-order chi connectivity index (χ1) is 13.7. The summed E-state index contributed by atoms with van der Waals surface area (Å²) in [6.45, 7) is 0. The third-order valence-corrected chi connectivity index (χ3v) is 4.90. The summed E-state index contributed by atoms with van der Waals surface area (Å²) in [7, 11) is 0. The summed E-state index contributed by atoms with van der Waals surface area (Å²) >= 11 is 0. The van der Waals surface area contributed by atoms with E-state index in [1.165, 1.54) is 10.5 Å². The fourth-order valence-corrected chi connectivity index (χ4v) is 3.41. The molecule has 156 valence electrons. The number of aromatic nitrogens is 2. The van der Waals surface area contributed by atoms with E-state index in [9.17, 15) is 18.0 Å². The Kier molecular flexibility index (Phi) is 5.66. The maximum Gasteiger partial charge on any atom is 0.434 e. The van der Waals surface area contributed by atoms with Gasteiger partial charge in [-0.3, -0.25) is 14.6 Å². The van der Waals surface area contributed by atoms with E-state index in [1.807, 2.05) is 0 Å². The fourth-order valence-electron chi connectivity index (χ4n) is 3.41. The number of amidine groups is 1. The number of rotatable bonds is 5. The Bertz CT molecular complexity index is 943. The molecule has 0 spiro atoms. The molecule has 1 aliphatic carbocycles. The maximum atomic E-state index is 12.9. The van der Waals surface area contributed by atoms with Gasteiger partial charge in [-0.05, 0) is 37.8 Å². The van der Waals surface area contributed by atoms with Crippen molar-refractivity contribution < 1.29 is 18.0 Å². The van der Waals surface area contributed by atoms with E-state index in [-0.39, 0.29) is 23.3 Å². The van der Waals surface area contributed by atoms with Crippen molar-refractivity contribution in [2.75, 3.05) is 5.32 Å². The number of nitrogens with zero attached hydrogens (tertiary/aromatic N) is 2. The van der Waals surface area contributed by atoms with Crippen molar-refractivity contribution in [1.29, 1.82) is 5.41 Å². The molecule has 7 N–H and O–H groups in total. The Morgan fingerprint density at radius 1 is 1.24 bits per heavy atom. The molecule has 2 heterocycles. The van der Waals surface area contributed by atoms with Gasteiger partial charge in [-0.25, -0.2) is 4.98 Å². The number of amides is 1. The third kappa shape index (κ3) is 4.61. The number of carbonyl (C=O) groups is 1. The second kappa shape index (κ2) is 8.02. The minimum Gasteiger partial charge on any atom is -0.404 e. The summed E-state index contributed by atoms with van der Waals surface area (Å²) in [6, 6.07) is 4.83. The number of alkyl halides is 3. The lowest BCUT2D eigenvalue weighted by atomic mass is 9.91. The molecule has 0 aliphatic heterocycles. The van der Waals surface area contributed by atoms with Crippen molar-refractivity contribution in [2.45, 2.75) is 43.9 Å². The standard InChI is InChI=1S/C18H22F3N7O/c19-18(20,21)13-9-28-14(2-1-3-15(28)27-13)25-10-4-6-11(7-5-10)26-17(29)12(8-22)16(23)24/h1-3,8-11,25H,4-7,22H2,(H3,23,24)(H,26,29)/b12-8+. The van der Waals surface area contributed by atoms with E-state index >= 15 is 0 Å². The molecule has 1 aliphatic rings. The number of hydrogen-bond acceptors (Lipinski definition) is 5. The van der Waals surface area contributed by atoms with Gasteiger partial charge in [-0.2, -0.15) is 13.2 Å². The number of hydrogen-bond donors (Lipinski definition) is 5. The second-order valence-corrected chi connectivity index (χ2v) is 6.92. The Labute approximate surface area is 164 Å². The maximum absolute atomic E-state index is 12.9. The summed E-state index contributed by atoms with van der Waals surface area (Å²) < 4.78 is 40.2. The van der Waals surface area contributed by atoms with Gasteiger partial charge in [0.2, 0.25) is 0 Å². The number of nitrogens with one attached hydrogen (secondary N) is 3. The van der Waals surface area contributed by atoms with Crippen LogP contribution in [0.3, 0.4) is 0 Å². The van der Waals surface area contributed by atoms with E-state index in [2.05, 4.69) is 15.6 Å². The van der Waals surface area contributed by atoms with Crippen molar-refractivity contribution in [2.24, 2.45) is 11.5 Å². The average Bonchev–Trinajstić information content (AvgIpc) is 3.09. The Morgan fingerprint density at radius 2 is 1.90 bits per heavy atom. The molecule has 0 saturated heterocycles. The molecule has 0 atom stereocenters. The lowest BCUT2D eigenvalue weighted by Gasteiger charge is -2.30. The highest BCUT2D eigenvalue weighted by molar-refractivity contribution is 6.18. The zero-order valence-corrected chi connectivity index (χ0v) is 15.5. The summed E-state index contributed by atoms with van der Waals surface area (Å²) in [6.07, 6.45) is 0.252. The quantitative estimate of drug-likeness (QED) is 0.292. The molecule has 2 aromatic heterocycles. The van der Waals surface area contributed by atoms with Crippen molar-refractivity contribution in [3.63, 3.8) is 0 Å². The molecular formula is C18H22F3N7O. The SMILES string of the molecule is N=C(N)/C(=C\N)C(=O)NC1CCC(Nc2cccc3nc(C(F)(F)F)cn23)CC1. The van der Waals surface area contributed by atoms with Gasteiger partial charge in [-0.1, -0.05) is 6.07 Å². The molecule has 3 rings (SSSR count). The monoisotopic (exact) mass is 409 g/mol. The Hall–Kier alpha value is -3.24. The molecule has 8 nitrogen and oxygen atoms in total. The highest BCUT2D eigenvalue weighted by Crippen LogP contribution is 2.30. The third-order valence-electron chi connectivity index (χ3n) is 4.90. The molecule has 11 heteroatoms. The van der Waals surface area contributed by atoms with E-state index in [1.54, 1.807) is 12.1 Å². The first kappa shape index (κ1) is 20.5. The van der Waals surface area contributed by atoms with E-state index < -0.39 is 23.6 Å². The topological polar surface area (TPSA) is 134 Å². The highest BCUT2D eigenvalue weighted by Gasteiger charge is 2.34. The molecule has 1 fully saturated rings. The molecule has 1 amide bonds. The smallest absolute Gasteiger partial charge is 0.404 e. The minimum atomic E-state index is -4.50. The molecule has 0 aromatic carbocycles.